The number of aromatic hydroxyl groups is 2. The monoisotopic (exact) mass is 322 g/mol. The van der Waals surface area contributed by atoms with Gasteiger partial charge in [-0.15, -0.1) is 0 Å². The molecule has 0 atom stereocenters. The summed E-state index contributed by atoms with van der Waals surface area (Å²) in [6, 6.07) is 7.50. The summed E-state index contributed by atoms with van der Waals surface area (Å²) in [5, 5.41) is 19.9. The highest BCUT2D eigenvalue weighted by atomic mass is 35.5. The van der Waals surface area contributed by atoms with Crippen molar-refractivity contribution in [2.45, 2.75) is 0 Å². The molecule has 0 saturated carbocycles. The van der Waals surface area contributed by atoms with Crippen LogP contribution in [0.2, 0.25) is 10.0 Å². The Labute approximate surface area is 129 Å². The molecule has 0 saturated heterocycles. The Kier molecular flexibility index (Phi) is 3.27. The van der Waals surface area contributed by atoms with E-state index in [4.69, 9.17) is 27.9 Å². The molecule has 0 bridgehead atoms. The fourth-order valence-electron chi connectivity index (χ4n) is 1.98. The standard InChI is InChI=1S/C15H8Cl2O4/c16-9-3-1-7(5-10(9)17)6-12-13(19)8-2-4-11(18)14(20)15(8)21-12/h1-6,18,20H/b12-6-. The molecule has 2 aromatic carbocycles. The largest absolute Gasteiger partial charge is 0.504 e. The molecule has 0 fully saturated rings. The highest BCUT2D eigenvalue weighted by Crippen LogP contribution is 2.44. The van der Waals surface area contributed by atoms with Crippen molar-refractivity contribution in [3.63, 3.8) is 0 Å². The molecule has 0 aliphatic carbocycles. The van der Waals surface area contributed by atoms with Crippen LogP contribution in [0.3, 0.4) is 0 Å². The zero-order valence-corrected chi connectivity index (χ0v) is 11.9. The number of ketones is 1. The first kappa shape index (κ1) is 13.8. The fraction of sp³-hybridized carbons (Fsp3) is 0. The van der Waals surface area contributed by atoms with E-state index in [0.717, 1.165) is 0 Å². The van der Waals surface area contributed by atoms with Crippen molar-refractivity contribution in [1.82, 2.24) is 0 Å². The van der Waals surface area contributed by atoms with Gasteiger partial charge in [0.1, 0.15) is 0 Å². The van der Waals surface area contributed by atoms with Crippen LogP contribution >= 0.6 is 23.2 Å². The maximum atomic E-state index is 12.2. The summed E-state index contributed by atoms with van der Waals surface area (Å²) in [4.78, 5) is 12.2. The van der Waals surface area contributed by atoms with Gasteiger partial charge < -0.3 is 14.9 Å². The van der Waals surface area contributed by atoms with Crippen molar-refractivity contribution in [3.8, 4) is 17.2 Å². The first-order chi connectivity index (χ1) is 9.97. The zero-order chi connectivity index (χ0) is 15.1. The third kappa shape index (κ3) is 2.33. The quantitative estimate of drug-likeness (QED) is 0.614. The second-order valence-electron chi connectivity index (χ2n) is 4.42. The lowest BCUT2D eigenvalue weighted by Crippen LogP contribution is -1.97. The van der Waals surface area contributed by atoms with Crippen molar-refractivity contribution in [2.24, 2.45) is 0 Å². The van der Waals surface area contributed by atoms with Gasteiger partial charge in [0.2, 0.25) is 11.5 Å². The van der Waals surface area contributed by atoms with Gasteiger partial charge in [0.05, 0.1) is 15.6 Å². The topological polar surface area (TPSA) is 66.8 Å². The van der Waals surface area contributed by atoms with Gasteiger partial charge >= 0.3 is 0 Å². The number of fused-ring (bicyclic) bond motifs is 1. The van der Waals surface area contributed by atoms with E-state index in [9.17, 15) is 15.0 Å². The van der Waals surface area contributed by atoms with Gasteiger partial charge in [-0.1, -0.05) is 29.3 Å². The molecular formula is C15H8Cl2O4. The third-order valence-electron chi connectivity index (χ3n) is 3.03. The van der Waals surface area contributed by atoms with E-state index in [1.54, 1.807) is 18.2 Å². The van der Waals surface area contributed by atoms with Crippen LogP contribution in [0.1, 0.15) is 15.9 Å². The fourth-order valence-corrected chi connectivity index (χ4v) is 2.29. The van der Waals surface area contributed by atoms with E-state index in [-0.39, 0.29) is 28.6 Å². The van der Waals surface area contributed by atoms with Gasteiger partial charge in [-0.25, -0.2) is 0 Å². The van der Waals surface area contributed by atoms with E-state index < -0.39 is 5.75 Å². The first-order valence-corrected chi connectivity index (χ1v) is 6.67. The van der Waals surface area contributed by atoms with Crippen LogP contribution < -0.4 is 4.74 Å². The number of rotatable bonds is 1. The number of carbonyl (C=O) groups is 1. The molecule has 1 aliphatic heterocycles. The Morgan fingerprint density at radius 1 is 1.05 bits per heavy atom. The van der Waals surface area contributed by atoms with Crippen molar-refractivity contribution in [2.75, 3.05) is 0 Å². The summed E-state index contributed by atoms with van der Waals surface area (Å²) < 4.78 is 5.33. The highest BCUT2D eigenvalue weighted by Gasteiger charge is 2.31. The van der Waals surface area contributed by atoms with Crippen LogP contribution in [0, 0.1) is 0 Å². The smallest absolute Gasteiger partial charge is 0.232 e. The van der Waals surface area contributed by atoms with Crippen LogP contribution in [0.25, 0.3) is 6.08 Å². The average molecular weight is 323 g/mol. The second kappa shape index (κ2) is 4.98. The SMILES string of the molecule is O=C1/C(=C/c2ccc(Cl)c(Cl)c2)Oc2c1ccc(O)c2O. The molecule has 2 N–H and O–H groups in total. The maximum absolute atomic E-state index is 12.2. The maximum Gasteiger partial charge on any atom is 0.232 e. The van der Waals surface area contributed by atoms with Crippen molar-refractivity contribution in [1.29, 1.82) is 0 Å². The Hall–Kier alpha value is -2.17. The number of phenolic OH excluding ortho intramolecular Hbond substituents is 2. The summed E-state index contributed by atoms with van der Waals surface area (Å²) in [7, 11) is 0. The zero-order valence-electron chi connectivity index (χ0n) is 10.4. The predicted octanol–water partition coefficient (Wildman–Crippen LogP) is 4.02. The van der Waals surface area contributed by atoms with Crippen LogP contribution in [-0.4, -0.2) is 16.0 Å². The Morgan fingerprint density at radius 3 is 2.52 bits per heavy atom. The number of hydrogen-bond donors (Lipinski definition) is 2. The number of halogens is 2. The highest BCUT2D eigenvalue weighted by molar-refractivity contribution is 6.42. The van der Waals surface area contributed by atoms with E-state index in [0.29, 0.717) is 15.6 Å². The van der Waals surface area contributed by atoms with Gasteiger partial charge in [0.15, 0.2) is 17.3 Å². The molecule has 106 valence electrons. The molecular weight excluding hydrogens is 315 g/mol. The molecule has 0 unspecified atom stereocenters. The van der Waals surface area contributed by atoms with Crippen molar-refractivity contribution < 1.29 is 19.7 Å². The van der Waals surface area contributed by atoms with Crippen LogP contribution in [0.5, 0.6) is 17.2 Å². The first-order valence-electron chi connectivity index (χ1n) is 5.91. The number of ether oxygens (including phenoxy) is 1. The number of phenols is 2. The molecule has 0 aromatic heterocycles. The number of hydrogen-bond acceptors (Lipinski definition) is 4. The van der Waals surface area contributed by atoms with E-state index >= 15 is 0 Å². The third-order valence-corrected chi connectivity index (χ3v) is 3.77. The molecule has 6 heteroatoms. The lowest BCUT2D eigenvalue weighted by Gasteiger charge is -2.03. The molecule has 1 aliphatic rings. The molecule has 0 amide bonds. The minimum atomic E-state index is -0.460. The number of allylic oxidation sites excluding steroid dienone is 1. The second-order valence-corrected chi connectivity index (χ2v) is 5.24. The van der Waals surface area contributed by atoms with E-state index in [1.807, 2.05) is 0 Å². The summed E-state index contributed by atoms with van der Waals surface area (Å²) in [6.07, 6.45) is 1.49. The van der Waals surface area contributed by atoms with Gasteiger partial charge in [0.25, 0.3) is 0 Å². The Balaban J connectivity index is 2.02. The van der Waals surface area contributed by atoms with Crippen LogP contribution in [0.4, 0.5) is 0 Å². The van der Waals surface area contributed by atoms with Gasteiger partial charge in [-0.2, -0.15) is 0 Å². The molecule has 1 heterocycles. The lowest BCUT2D eigenvalue weighted by molar-refractivity contribution is 0.101. The molecule has 3 rings (SSSR count). The van der Waals surface area contributed by atoms with E-state index in [2.05, 4.69) is 0 Å². The summed E-state index contributed by atoms with van der Waals surface area (Å²) in [6.45, 7) is 0. The van der Waals surface area contributed by atoms with Crippen LogP contribution in [-0.2, 0) is 0 Å². The van der Waals surface area contributed by atoms with Gasteiger partial charge in [-0.3, -0.25) is 4.79 Å². The van der Waals surface area contributed by atoms with Crippen molar-refractivity contribution >= 4 is 35.1 Å². The van der Waals surface area contributed by atoms with Gasteiger partial charge in [0, 0.05) is 0 Å². The van der Waals surface area contributed by atoms with Gasteiger partial charge in [-0.05, 0) is 35.9 Å². The minimum absolute atomic E-state index is 0.0317. The van der Waals surface area contributed by atoms with E-state index in [1.165, 1.54) is 18.2 Å². The number of carbonyl (C=O) groups excluding carboxylic acids is 1. The Morgan fingerprint density at radius 2 is 1.81 bits per heavy atom. The molecule has 0 spiro atoms. The molecule has 0 radical (unpaired) electrons. The lowest BCUT2D eigenvalue weighted by atomic mass is 10.1. The molecule has 4 nitrogen and oxygen atoms in total. The summed E-state index contributed by atoms with van der Waals surface area (Å²) in [5.41, 5.74) is 0.820. The summed E-state index contributed by atoms with van der Waals surface area (Å²) in [5.74, 6) is -1.21. The van der Waals surface area contributed by atoms with Crippen molar-refractivity contribution in [3.05, 3.63) is 57.3 Å². The predicted molar refractivity (Wildman–Crippen MR) is 79.2 cm³/mol. The molecule has 21 heavy (non-hydrogen) atoms. The average Bonchev–Trinajstić information content (AvgIpc) is 2.76. The Bertz CT molecular complexity index is 797. The van der Waals surface area contributed by atoms with Crippen LogP contribution in [0.15, 0.2) is 36.1 Å². The normalized spacial score (nSPS) is 15.1. The minimum Gasteiger partial charge on any atom is -0.504 e. The summed E-state index contributed by atoms with van der Waals surface area (Å²) >= 11 is 11.7. The molecule has 2 aromatic rings. The number of Topliss-reactive ketones (excluding diaryl/α,β-unsaturated/α-hetero) is 1. The number of benzene rings is 2.